The van der Waals surface area contributed by atoms with Gasteiger partial charge in [-0.2, -0.15) is 0 Å². The molecule has 0 radical (unpaired) electrons. The van der Waals surface area contributed by atoms with Gasteiger partial charge in [0.2, 0.25) is 0 Å². The van der Waals surface area contributed by atoms with Crippen molar-refractivity contribution in [1.29, 1.82) is 0 Å². The maximum Gasteiger partial charge on any atom is 0.179 e. The fraction of sp³-hybridized carbons (Fsp3) is 0. The monoisotopic (exact) mass is 782 g/mol. The third kappa shape index (κ3) is 4.61. The molecule has 0 saturated carbocycles. The number of para-hydroxylation sites is 4. The van der Waals surface area contributed by atoms with Crippen molar-refractivity contribution in [3.63, 3.8) is 0 Å². The Hall–Kier alpha value is -7.40. The molecule has 0 aliphatic carbocycles. The molecule has 0 spiro atoms. The quantitative estimate of drug-likeness (QED) is 0.122. The van der Waals surface area contributed by atoms with Crippen LogP contribution in [0.3, 0.4) is 0 Å². The summed E-state index contributed by atoms with van der Waals surface area (Å²) in [5, 5.41) is -3.53. The second kappa shape index (κ2) is 12.8. The van der Waals surface area contributed by atoms with Crippen LogP contribution in [0, 0.1) is 0 Å². The van der Waals surface area contributed by atoms with E-state index >= 15 is 0 Å². The highest BCUT2D eigenvalue weighted by molar-refractivity contribution is 7.19. The van der Waals surface area contributed by atoms with Crippen LogP contribution in [0.5, 0.6) is 0 Å². The summed E-state index contributed by atoms with van der Waals surface area (Å²) < 4.78 is 251. The second-order valence-electron chi connectivity index (χ2n) is 13.3. The minimum Gasteiger partial charge on any atom is -0.454 e. The molecule has 4 heteroatoms. The van der Waals surface area contributed by atoms with Crippen LogP contribution in [0.15, 0.2) is 222 Å². The standard InChI is InChI=1S/C54H36N2OSi/c1-4-20-38(21-5-1)58(39-22-6-2-7-23-39,40-24-8-3-9-25-40)41-26-18-19-37(35-41)55-47-31-14-12-29-44(47)46-36-50(54-52(53(46)55)45-30-13-17-34-51(45)57-54)56-48-32-15-10-27-42(48)43-28-11-16-33-49(43)56/h1-36H/i1D,4D,5D,10D,11D,12D,13D,14D,15D,16D,17D,18D,19D,20D,21D,26D,27D,28D,29D,30D,31D,32D,33D,34D,35D,36D. The molecule has 0 fully saturated rings. The summed E-state index contributed by atoms with van der Waals surface area (Å²) in [5.41, 5.74) is -5.07. The zero-order chi connectivity index (χ0) is 60.8. The lowest BCUT2D eigenvalue weighted by molar-refractivity contribution is 0.666. The van der Waals surface area contributed by atoms with Crippen molar-refractivity contribution in [2.75, 3.05) is 0 Å². The van der Waals surface area contributed by atoms with Gasteiger partial charge in [0.15, 0.2) is 13.7 Å². The van der Waals surface area contributed by atoms with Gasteiger partial charge in [-0.1, -0.05) is 175 Å². The molecule has 0 N–H and O–H groups in total. The number of benzene rings is 9. The second-order valence-corrected chi connectivity index (χ2v) is 16.9. The van der Waals surface area contributed by atoms with Gasteiger partial charge in [0.1, 0.15) is 5.58 Å². The summed E-state index contributed by atoms with van der Waals surface area (Å²) in [7, 11) is -4.93. The SMILES string of the molecule is [2H]c1c([2H])c([2H])c([Si](c2ccccc2)(c2ccccc2)c2c([2H])c([2H])c([2H])c(-n3c4c([2H])c([2H])c([2H])c([2H])c4c4c([2H])c(-n5c6c([2H])c([2H])c([2H])c([2H])c6c6c([2H])c([2H])c([2H])c([2H])c65)c5oc6c([2H])c([2H])c([2H])c([2H])c6c5c43)c2[2H])c([2H])c1[2H]. The van der Waals surface area contributed by atoms with Crippen molar-refractivity contribution in [3.8, 4) is 11.4 Å². The molecular weight excluding hydrogens is 721 g/mol. The molecule has 3 aromatic heterocycles. The van der Waals surface area contributed by atoms with E-state index in [0.717, 1.165) is 9.13 Å². The Morgan fingerprint density at radius 3 is 1.57 bits per heavy atom. The number of aromatic nitrogens is 2. The summed E-state index contributed by atoms with van der Waals surface area (Å²) in [6.07, 6.45) is 0. The third-order valence-corrected chi connectivity index (χ3v) is 14.8. The molecule has 0 aliphatic rings. The summed E-state index contributed by atoms with van der Waals surface area (Å²) >= 11 is 0. The van der Waals surface area contributed by atoms with Gasteiger partial charge in [-0.15, -0.1) is 0 Å². The first-order chi connectivity index (χ1) is 39.6. The Morgan fingerprint density at radius 1 is 0.414 bits per heavy atom. The van der Waals surface area contributed by atoms with Gasteiger partial charge in [-0.25, -0.2) is 0 Å². The van der Waals surface area contributed by atoms with Crippen LogP contribution in [0.2, 0.25) is 0 Å². The molecular formula is C54H36N2OSi. The Morgan fingerprint density at radius 2 is 0.931 bits per heavy atom. The van der Waals surface area contributed by atoms with Crippen LogP contribution in [-0.4, -0.2) is 17.2 Å². The largest absolute Gasteiger partial charge is 0.454 e. The molecule has 0 atom stereocenters. The van der Waals surface area contributed by atoms with E-state index in [9.17, 15) is 17.8 Å². The molecule has 58 heavy (non-hydrogen) atoms. The van der Waals surface area contributed by atoms with Crippen LogP contribution in [0.4, 0.5) is 0 Å². The number of fused-ring (bicyclic) bond motifs is 10. The molecule has 12 rings (SSSR count). The maximum atomic E-state index is 10.7. The Bertz CT molecular complexity index is 4890. The van der Waals surface area contributed by atoms with Crippen molar-refractivity contribution < 1.29 is 40.1 Å². The molecule has 0 bridgehead atoms. The van der Waals surface area contributed by atoms with Crippen molar-refractivity contribution in [3.05, 3.63) is 218 Å². The van der Waals surface area contributed by atoms with Gasteiger partial charge in [0, 0.05) is 32.6 Å². The van der Waals surface area contributed by atoms with E-state index in [1.165, 1.54) is 0 Å². The van der Waals surface area contributed by atoms with Crippen molar-refractivity contribution >= 4 is 94.4 Å². The van der Waals surface area contributed by atoms with Crippen molar-refractivity contribution in [2.24, 2.45) is 0 Å². The van der Waals surface area contributed by atoms with E-state index in [-0.39, 0.29) is 15.6 Å². The Labute approximate surface area is 372 Å². The van der Waals surface area contributed by atoms with Gasteiger partial charge in [-0.05, 0) is 63.0 Å². The summed E-state index contributed by atoms with van der Waals surface area (Å²) in [6.45, 7) is 0. The number of hydrogen-bond acceptors (Lipinski definition) is 1. The predicted octanol–water partition coefficient (Wildman–Crippen LogP) is 11.2. The van der Waals surface area contributed by atoms with Crippen LogP contribution in [0.25, 0.3) is 76.9 Å². The normalized spacial score (nSPS) is 18.4. The molecule has 0 unspecified atom stereocenters. The highest BCUT2D eigenvalue weighted by atomic mass is 28.3. The lowest BCUT2D eigenvalue weighted by Gasteiger charge is -2.34. The lowest BCUT2D eigenvalue weighted by Crippen LogP contribution is -2.74. The molecule has 272 valence electrons. The Balaban J connectivity index is 1.43. The molecule has 9 aromatic carbocycles. The third-order valence-electron chi connectivity index (χ3n) is 10.4. The van der Waals surface area contributed by atoms with E-state index in [4.69, 9.17) is 22.2 Å². The lowest BCUT2D eigenvalue weighted by atomic mass is 10.1. The number of furan rings is 1. The van der Waals surface area contributed by atoms with Gasteiger partial charge >= 0.3 is 0 Å². The van der Waals surface area contributed by atoms with E-state index in [0.29, 0.717) is 0 Å². The summed E-state index contributed by atoms with van der Waals surface area (Å²) in [4.78, 5) is 0. The smallest absolute Gasteiger partial charge is 0.179 e. The molecule has 12 aromatic rings. The molecule has 3 heterocycles. The van der Waals surface area contributed by atoms with Crippen LogP contribution < -0.4 is 20.7 Å². The number of rotatable bonds is 6. The van der Waals surface area contributed by atoms with Crippen LogP contribution in [0.1, 0.15) is 35.6 Å². The van der Waals surface area contributed by atoms with E-state index < -0.39 is 247 Å². The fourth-order valence-electron chi connectivity index (χ4n) is 8.08. The average molecular weight is 783 g/mol. The topological polar surface area (TPSA) is 23.0 Å². The molecule has 3 nitrogen and oxygen atoms in total. The predicted molar refractivity (Wildman–Crippen MR) is 246 cm³/mol. The van der Waals surface area contributed by atoms with Crippen molar-refractivity contribution in [2.45, 2.75) is 0 Å². The number of hydrogen-bond donors (Lipinski definition) is 0. The van der Waals surface area contributed by atoms with Crippen LogP contribution in [-0.2, 0) is 0 Å². The van der Waals surface area contributed by atoms with Gasteiger partial charge in [0.05, 0.1) is 68.8 Å². The maximum absolute atomic E-state index is 10.7. The molecule has 0 amide bonds. The van der Waals surface area contributed by atoms with Gasteiger partial charge in [-0.3, -0.25) is 0 Å². The Kier molecular flexibility index (Phi) is 3.58. The van der Waals surface area contributed by atoms with E-state index in [2.05, 4.69) is 0 Å². The van der Waals surface area contributed by atoms with E-state index in [1.807, 2.05) is 0 Å². The zero-order valence-corrected chi connectivity index (χ0v) is 30.6. The minimum atomic E-state index is -4.93. The first kappa shape index (κ1) is 16.2. The molecule has 0 aliphatic heterocycles. The summed E-state index contributed by atoms with van der Waals surface area (Å²) in [6, 6.07) is -6.15. The fourth-order valence-corrected chi connectivity index (χ4v) is 12.3. The van der Waals surface area contributed by atoms with Crippen molar-refractivity contribution in [1.82, 2.24) is 9.13 Å². The molecule has 0 saturated heterocycles. The van der Waals surface area contributed by atoms with Gasteiger partial charge in [0.25, 0.3) is 0 Å². The van der Waals surface area contributed by atoms with Gasteiger partial charge < -0.3 is 13.6 Å². The number of nitrogens with zero attached hydrogens (tertiary/aromatic N) is 2. The van der Waals surface area contributed by atoms with Crippen LogP contribution >= 0.6 is 0 Å². The highest BCUT2D eigenvalue weighted by Crippen LogP contribution is 2.45. The minimum absolute atomic E-state index is 0.211. The average Bonchev–Trinajstić information content (AvgIpc) is 1.44. The summed E-state index contributed by atoms with van der Waals surface area (Å²) in [5.74, 6) is 0. The highest BCUT2D eigenvalue weighted by Gasteiger charge is 2.41. The van der Waals surface area contributed by atoms with E-state index in [1.54, 1.807) is 60.7 Å². The first-order valence-electron chi connectivity index (χ1n) is 30.8. The first-order valence-corrected chi connectivity index (χ1v) is 19.8. The zero-order valence-electron chi connectivity index (χ0n) is 55.6.